The Labute approximate surface area is 103 Å². The summed E-state index contributed by atoms with van der Waals surface area (Å²) < 4.78 is 0. The van der Waals surface area contributed by atoms with Crippen LogP contribution in [-0.2, 0) is 4.79 Å². The molecule has 2 aliphatic rings. The molecule has 5 nitrogen and oxygen atoms in total. The van der Waals surface area contributed by atoms with Gasteiger partial charge >= 0.3 is 0 Å². The number of hydrogen-bond donors (Lipinski definition) is 2. The summed E-state index contributed by atoms with van der Waals surface area (Å²) in [5, 5.41) is 3.33. The molecule has 3 N–H and O–H groups in total. The lowest BCUT2D eigenvalue weighted by Crippen LogP contribution is -2.65. The third-order valence-corrected chi connectivity index (χ3v) is 4.31. The number of primary amides is 1. The minimum atomic E-state index is -0.381. The van der Waals surface area contributed by atoms with Gasteiger partial charge < -0.3 is 16.0 Å². The molecule has 0 saturated carbocycles. The van der Waals surface area contributed by atoms with E-state index in [1.54, 1.807) is 0 Å². The first-order valence-electron chi connectivity index (χ1n) is 6.67. The van der Waals surface area contributed by atoms with E-state index in [0.717, 1.165) is 58.7 Å². The SMILES string of the molecule is CCN1CCC(C(N)=O)(N2CCNCC2)CC1. The zero-order chi connectivity index (χ0) is 12.3. The molecule has 0 aromatic heterocycles. The summed E-state index contributed by atoms with van der Waals surface area (Å²) in [5.74, 6) is -0.129. The highest BCUT2D eigenvalue weighted by Crippen LogP contribution is 2.29. The van der Waals surface area contributed by atoms with Crippen LogP contribution < -0.4 is 11.1 Å². The van der Waals surface area contributed by atoms with Crippen LogP contribution in [0.15, 0.2) is 0 Å². The smallest absolute Gasteiger partial charge is 0.238 e. The van der Waals surface area contributed by atoms with E-state index in [9.17, 15) is 4.79 Å². The van der Waals surface area contributed by atoms with Gasteiger partial charge in [-0.3, -0.25) is 9.69 Å². The lowest BCUT2D eigenvalue weighted by molar-refractivity contribution is -0.134. The molecule has 5 heteroatoms. The van der Waals surface area contributed by atoms with Crippen LogP contribution in [0.4, 0.5) is 0 Å². The van der Waals surface area contributed by atoms with E-state index in [-0.39, 0.29) is 11.4 Å². The number of nitrogens with two attached hydrogens (primary N) is 1. The summed E-state index contributed by atoms with van der Waals surface area (Å²) >= 11 is 0. The van der Waals surface area contributed by atoms with Crippen molar-refractivity contribution in [3.63, 3.8) is 0 Å². The van der Waals surface area contributed by atoms with Crippen LogP contribution in [0.1, 0.15) is 19.8 Å². The second-order valence-corrected chi connectivity index (χ2v) is 5.07. The van der Waals surface area contributed by atoms with E-state index in [1.807, 2.05) is 0 Å². The van der Waals surface area contributed by atoms with Gasteiger partial charge in [0, 0.05) is 39.3 Å². The molecule has 0 radical (unpaired) electrons. The highest BCUT2D eigenvalue weighted by molar-refractivity contribution is 5.84. The molecule has 0 spiro atoms. The molecule has 2 heterocycles. The Hall–Kier alpha value is -0.650. The van der Waals surface area contributed by atoms with Gasteiger partial charge in [0.2, 0.25) is 5.91 Å². The first-order valence-corrected chi connectivity index (χ1v) is 6.67. The summed E-state index contributed by atoms with van der Waals surface area (Å²) in [6.45, 7) is 9.02. The van der Waals surface area contributed by atoms with Crippen molar-refractivity contribution in [3.05, 3.63) is 0 Å². The predicted molar refractivity (Wildman–Crippen MR) is 67.7 cm³/mol. The Kier molecular flexibility index (Phi) is 4.01. The highest BCUT2D eigenvalue weighted by Gasteiger charge is 2.44. The summed E-state index contributed by atoms with van der Waals surface area (Å²) in [4.78, 5) is 16.6. The number of nitrogens with zero attached hydrogens (tertiary/aromatic N) is 2. The lowest BCUT2D eigenvalue weighted by Gasteiger charge is -2.48. The number of likely N-dealkylation sites (tertiary alicyclic amines) is 1. The lowest BCUT2D eigenvalue weighted by atomic mass is 9.84. The number of piperazine rings is 1. The topological polar surface area (TPSA) is 61.6 Å². The Morgan fingerprint density at radius 3 is 2.29 bits per heavy atom. The van der Waals surface area contributed by atoms with E-state index in [4.69, 9.17) is 5.73 Å². The molecule has 17 heavy (non-hydrogen) atoms. The fourth-order valence-corrected chi connectivity index (χ4v) is 3.05. The van der Waals surface area contributed by atoms with Crippen molar-refractivity contribution in [3.8, 4) is 0 Å². The largest absolute Gasteiger partial charge is 0.368 e. The molecule has 1 amide bonds. The molecule has 0 atom stereocenters. The zero-order valence-electron chi connectivity index (χ0n) is 10.7. The van der Waals surface area contributed by atoms with Crippen LogP contribution in [0.25, 0.3) is 0 Å². The maximum atomic E-state index is 11.9. The number of piperidine rings is 1. The van der Waals surface area contributed by atoms with Crippen LogP contribution >= 0.6 is 0 Å². The standard InChI is InChI=1S/C12H24N4O/c1-2-15-7-3-12(4-8-15,11(13)17)16-9-5-14-6-10-16/h14H,2-10H2,1H3,(H2,13,17). The van der Waals surface area contributed by atoms with E-state index in [2.05, 4.69) is 22.0 Å². The number of rotatable bonds is 3. The minimum absolute atomic E-state index is 0.129. The van der Waals surface area contributed by atoms with E-state index in [1.165, 1.54) is 0 Å². The van der Waals surface area contributed by atoms with Gasteiger partial charge in [0.15, 0.2) is 0 Å². The Morgan fingerprint density at radius 1 is 1.24 bits per heavy atom. The predicted octanol–water partition coefficient (Wildman–Crippen LogP) is -0.769. The molecule has 0 aliphatic carbocycles. The van der Waals surface area contributed by atoms with E-state index >= 15 is 0 Å². The maximum absolute atomic E-state index is 11.9. The van der Waals surface area contributed by atoms with Crippen LogP contribution in [-0.4, -0.2) is 67.1 Å². The first kappa shape index (κ1) is 12.8. The molecule has 0 bridgehead atoms. The molecule has 0 aromatic rings. The van der Waals surface area contributed by atoms with Crippen LogP contribution in [0.5, 0.6) is 0 Å². The Balaban J connectivity index is 2.07. The third kappa shape index (κ3) is 2.46. The molecule has 2 aliphatic heterocycles. The second-order valence-electron chi connectivity index (χ2n) is 5.07. The van der Waals surface area contributed by atoms with Gasteiger partial charge in [-0.05, 0) is 19.4 Å². The number of nitrogens with one attached hydrogen (secondary N) is 1. The fraction of sp³-hybridized carbons (Fsp3) is 0.917. The molecular weight excluding hydrogens is 216 g/mol. The monoisotopic (exact) mass is 240 g/mol. The quantitative estimate of drug-likeness (QED) is 0.680. The van der Waals surface area contributed by atoms with Crippen molar-refractivity contribution >= 4 is 5.91 Å². The van der Waals surface area contributed by atoms with Gasteiger partial charge in [0.25, 0.3) is 0 Å². The highest BCUT2D eigenvalue weighted by atomic mass is 16.1. The molecule has 2 rings (SSSR count). The average Bonchev–Trinajstić information content (AvgIpc) is 2.39. The van der Waals surface area contributed by atoms with Crippen molar-refractivity contribution in [2.45, 2.75) is 25.3 Å². The Bertz CT molecular complexity index is 268. The Morgan fingerprint density at radius 2 is 1.82 bits per heavy atom. The van der Waals surface area contributed by atoms with Gasteiger partial charge in [-0.2, -0.15) is 0 Å². The molecule has 0 unspecified atom stereocenters. The fourth-order valence-electron chi connectivity index (χ4n) is 3.05. The van der Waals surface area contributed by atoms with Gasteiger partial charge in [0.1, 0.15) is 5.54 Å². The number of carbonyl (C=O) groups excluding carboxylic acids is 1. The number of amides is 1. The first-order chi connectivity index (χ1) is 8.19. The molecule has 98 valence electrons. The number of carbonyl (C=O) groups is 1. The van der Waals surface area contributed by atoms with Crippen molar-refractivity contribution in [2.24, 2.45) is 5.73 Å². The van der Waals surface area contributed by atoms with Crippen LogP contribution in [0.2, 0.25) is 0 Å². The molecule has 2 fully saturated rings. The van der Waals surface area contributed by atoms with E-state index in [0.29, 0.717) is 0 Å². The third-order valence-electron chi connectivity index (χ3n) is 4.31. The van der Waals surface area contributed by atoms with Crippen molar-refractivity contribution in [1.82, 2.24) is 15.1 Å². The van der Waals surface area contributed by atoms with E-state index < -0.39 is 0 Å². The zero-order valence-corrected chi connectivity index (χ0v) is 10.7. The van der Waals surface area contributed by atoms with Gasteiger partial charge in [-0.25, -0.2) is 0 Å². The summed E-state index contributed by atoms with van der Waals surface area (Å²) in [5.41, 5.74) is 5.32. The normalized spacial score (nSPS) is 26.9. The minimum Gasteiger partial charge on any atom is -0.368 e. The molecule has 2 saturated heterocycles. The van der Waals surface area contributed by atoms with Crippen molar-refractivity contribution in [1.29, 1.82) is 0 Å². The van der Waals surface area contributed by atoms with Gasteiger partial charge in [-0.1, -0.05) is 6.92 Å². The van der Waals surface area contributed by atoms with Crippen LogP contribution in [0, 0.1) is 0 Å². The average molecular weight is 240 g/mol. The van der Waals surface area contributed by atoms with Crippen molar-refractivity contribution < 1.29 is 4.79 Å². The number of hydrogen-bond acceptors (Lipinski definition) is 4. The maximum Gasteiger partial charge on any atom is 0.238 e. The van der Waals surface area contributed by atoms with Crippen LogP contribution in [0.3, 0.4) is 0 Å². The van der Waals surface area contributed by atoms with Gasteiger partial charge in [-0.15, -0.1) is 0 Å². The van der Waals surface area contributed by atoms with Gasteiger partial charge in [0.05, 0.1) is 0 Å². The summed E-state index contributed by atoms with van der Waals surface area (Å²) in [6, 6.07) is 0. The molecule has 0 aromatic carbocycles. The summed E-state index contributed by atoms with van der Waals surface area (Å²) in [7, 11) is 0. The van der Waals surface area contributed by atoms with Crippen molar-refractivity contribution in [2.75, 3.05) is 45.8 Å². The summed E-state index contributed by atoms with van der Waals surface area (Å²) in [6.07, 6.45) is 1.77. The second kappa shape index (κ2) is 5.33. The molecular formula is C12H24N4O.